The van der Waals surface area contributed by atoms with E-state index in [0.717, 1.165) is 12.8 Å². The predicted molar refractivity (Wildman–Crippen MR) is 88.5 cm³/mol. The Morgan fingerprint density at radius 2 is 2.12 bits per heavy atom. The van der Waals surface area contributed by atoms with Gasteiger partial charge in [-0.25, -0.2) is 9.67 Å². The van der Waals surface area contributed by atoms with E-state index in [9.17, 15) is 9.59 Å². The molecule has 25 heavy (non-hydrogen) atoms. The molecule has 0 spiro atoms. The van der Waals surface area contributed by atoms with Gasteiger partial charge in [-0.2, -0.15) is 0 Å². The largest absolute Gasteiger partial charge is 0.456 e. The Kier molecular flexibility index (Phi) is 5.12. The maximum Gasteiger partial charge on any atom is 0.326 e. The molecule has 0 bridgehead atoms. The van der Waals surface area contributed by atoms with Gasteiger partial charge in [-0.3, -0.25) is 14.2 Å². The second-order valence-corrected chi connectivity index (χ2v) is 5.53. The average molecular weight is 342 g/mol. The summed E-state index contributed by atoms with van der Waals surface area (Å²) in [6, 6.07) is 6.98. The zero-order valence-electron chi connectivity index (χ0n) is 13.8. The fraction of sp³-hybridized carbons (Fsp3) is 0.375. The van der Waals surface area contributed by atoms with Crippen LogP contribution in [0.3, 0.4) is 0 Å². The van der Waals surface area contributed by atoms with E-state index >= 15 is 0 Å². The third kappa shape index (κ3) is 3.87. The van der Waals surface area contributed by atoms with Crippen LogP contribution in [0.2, 0.25) is 0 Å². The molecular weight excluding hydrogens is 324 g/mol. The van der Waals surface area contributed by atoms with E-state index in [1.807, 2.05) is 0 Å². The molecule has 3 aromatic rings. The van der Waals surface area contributed by atoms with Crippen molar-refractivity contribution in [2.24, 2.45) is 0 Å². The Labute approximate surface area is 143 Å². The molecule has 3 rings (SSSR count). The number of benzene rings is 1. The Bertz CT molecular complexity index is 933. The summed E-state index contributed by atoms with van der Waals surface area (Å²) < 4.78 is 8.03. The smallest absolute Gasteiger partial charge is 0.326 e. The number of aryl methyl sites for hydroxylation is 1. The maximum atomic E-state index is 12.3. The van der Waals surface area contributed by atoms with Gasteiger partial charge in [0.1, 0.15) is 6.54 Å². The Balaban J connectivity index is 1.64. The number of ether oxygens (including phenoxy) is 1. The van der Waals surface area contributed by atoms with Crippen molar-refractivity contribution < 1.29 is 9.53 Å². The minimum atomic E-state index is -0.552. The van der Waals surface area contributed by atoms with Crippen molar-refractivity contribution in [1.29, 1.82) is 0 Å². The van der Waals surface area contributed by atoms with E-state index in [4.69, 9.17) is 4.74 Å². The van der Waals surface area contributed by atoms with Gasteiger partial charge in [-0.1, -0.05) is 25.5 Å². The number of carbonyl (C=O) groups is 1. The van der Waals surface area contributed by atoms with Crippen LogP contribution in [0.15, 0.2) is 35.4 Å². The summed E-state index contributed by atoms with van der Waals surface area (Å²) in [7, 11) is 0. The highest BCUT2D eigenvalue weighted by molar-refractivity contribution is 5.77. The number of unbranched alkanes of at least 4 members (excludes halogenated alkanes) is 1. The Morgan fingerprint density at radius 1 is 1.28 bits per heavy atom. The lowest BCUT2D eigenvalue weighted by Crippen LogP contribution is -2.26. The van der Waals surface area contributed by atoms with E-state index < -0.39 is 5.97 Å². The molecule has 0 fully saturated rings. The number of aromatic nitrogens is 6. The topological polar surface area (TPSA) is 105 Å². The second kappa shape index (κ2) is 7.65. The van der Waals surface area contributed by atoms with Gasteiger partial charge in [0.25, 0.3) is 5.56 Å². The molecule has 0 saturated heterocycles. The Morgan fingerprint density at radius 3 is 2.96 bits per heavy atom. The van der Waals surface area contributed by atoms with Crippen molar-refractivity contribution in [3.8, 4) is 0 Å². The van der Waals surface area contributed by atoms with Gasteiger partial charge in [0, 0.05) is 6.54 Å². The van der Waals surface area contributed by atoms with Crippen LogP contribution in [0, 0.1) is 0 Å². The van der Waals surface area contributed by atoms with Crippen molar-refractivity contribution in [3.63, 3.8) is 0 Å². The first-order valence-corrected chi connectivity index (χ1v) is 8.04. The van der Waals surface area contributed by atoms with Gasteiger partial charge in [-0.15, -0.1) is 5.10 Å². The first-order valence-electron chi connectivity index (χ1n) is 8.04. The molecule has 0 atom stereocenters. The summed E-state index contributed by atoms with van der Waals surface area (Å²) in [4.78, 5) is 28.6. The highest BCUT2D eigenvalue weighted by Gasteiger charge is 2.12. The van der Waals surface area contributed by atoms with Crippen LogP contribution < -0.4 is 5.56 Å². The summed E-state index contributed by atoms with van der Waals surface area (Å²) in [5, 5.41) is 11.8. The Hall–Kier alpha value is -3.10. The zero-order chi connectivity index (χ0) is 17.6. The van der Waals surface area contributed by atoms with Gasteiger partial charge in [-0.05, 0) is 29.0 Å². The molecule has 0 aliphatic carbocycles. The van der Waals surface area contributed by atoms with E-state index in [1.165, 1.54) is 10.9 Å². The number of fused-ring (bicyclic) bond motifs is 1. The molecule has 0 aliphatic heterocycles. The van der Waals surface area contributed by atoms with Crippen LogP contribution in [0.5, 0.6) is 0 Å². The van der Waals surface area contributed by atoms with Crippen LogP contribution >= 0.6 is 0 Å². The molecule has 9 nitrogen and oxygen atoms in total. The molecule has 2 heterocycles. The molecular formula is C16H18N6O3. The van der Waals surface area contributed by atoms with Gasteiger partial charge in [0.2, 0.25) is 0 Å². The fourth-order valence-corrected chi connectivity index (χ4v) is 2.36. The lowest BCUT2D eigenvalue weighted by molar-refractivity contribution is -0.146. The van der Waals surface area contributed by atoms with Crippen LogP contribution in [-0.4, -0.2) is 35.7 Å². The van der Waals surface area contributed by atoms with E-state index in [1.54, 1.807) is 28.9 Å². The number of carbonyl (C=O) groups excluding carboxylic acids is 1. The summed E-state index contributed by atoms with van der Waals surface area (Å²) in [5.41, 5.74) is 0.308. The van der Waals surface area contributed by atoms with E-state index in [0.29, 0.717) is 23.3 Å². The van der Waals surface area contributed by atoms with Crippen LogP contribution in [0.1, 0.15) is 25.6 Å². The first-order chi connectivity index (χ1) is 12.2. The molecule has 0 aliphatic rings. The fourth-order valence-electron chi connectivity index (χ4n) is 2.36. The maximum absolute atomic E-state index is 12.3. The third-order valence-corrected chi connectivity index (χ3v) is 3.72. The molecule has 2 aromatic heterocycles. The molecule has 9 heteroatoms. The molecule has 1 aromatic carbocycles. The summed E-state index contributed by atoms with van der Waals surface area (Å²) in [5.74, 6) is -0.0741. The van der Waals surface area contributed by atoms with Gasteiger partial charge < -0.3 is 4.74 Å². The first kappa shape index (κ1) is 16.7. The summed E-state index contributed by atoms with van der Waals surface area (Å²) in [6.07, 6.45) is 3.29. The van der Waals surface area contributed by atoms with Gasteiger partial charge >= 0.3 is 5.97 Å². The van der Waals surface area contributed by atoms with Crippen molar-refractivity contribution in [2.75, 3.05) is 0 Å². The number of rotatable bonds is 7. The highest BCUT2D eigenvalue weighted by Crippen LogP contribution is 2.05. The van der Waals surface area contributed by atoms with Crippen LogP contribution in [-0.2, 0) is 29.2 Å². The molecule has 0 saturated carbocycles. The quantitative estimate of drug-likeness (QED) is 0.588. The van der Waals surface area contributed by atoms with E-state index in [-0.39, 0.29) is 18.7 Å². The minimum absolute atomic E-state index is 0.0364. The lowest BCUT2D eigenvalue weighted by atomic mass is 10.2. The van der Waals surface area contributed by atoms with Crippen molar-refractivity contribution in [1.82, 2.24) is 29.8 Å². The standard InChI is InChI=1S/C16H18N6O3/c1-2-3-8-22-14(18-19-20-22)10-25-15(23)9-21-11-17-13-7-5-4-6-12(13)16(21)24/h4-7,11H,2-3,8-10H2,1H3. The third-order valence-electron chi connectivity index (χ3n) is 3.72. The number of nitrogens with zero attached hydrogens (tertiary/aromatic N) is 6. The summed E-state index contributed by atoms with van der Waals surface area (Å²) >= 11 is 0. The monoisotopic (exact) mass is 342 g/mol. The molecule has 0 amide bonds. The molecule has 130 valence electrons. The SMILES string of the molecule is CCCCn1nnnc1COC(=O)Cn1cnc2ccccc2c1=O. The molecule has 0 N–H and O–H groups in total. The van der Waals surface area contributed by atoms with Crippen LogP contribution in [0.4, 0.5) is 0 Å². The number of para-hydroxylation sites is 1. The number of hydrogen-bond acceptors (Lipinski definition) is 7. The highest BCUT2D eigenvalue weighted by atomic mass is 16.5. The second-order valence-electron chi connectivity index (χ2n) is 5.53. The molecule has 0 radical (unpaired) electrons. The van der Waals surface area contributed by atoms with E-state index in [2.05, 4.69) is 27.4 Å². The minimum Gasteiger partial charge on any atom is -0.456 e. The summed E-state index contributed by atoms with van der Waals surface area (Å²) in [6.45, 7) is 2.49. The number of hydrogen-bond donors (Lipinski definition) is 0. The van der Waals surface area contributed by atoms with Gasteiger partial charge in [0.15, 0.2) is 12.4 Å². The van der Waals surface area contributed by atoms with Crippen molar-refractivity contribution in [3.05, 3.63) is 46.8 Å². The normalized spacial score (nSPS) is 10.9. The number of esters is 1. The zero-order valence-corrected chi connectivity index (χ0v) is 13.8. The van der Waals surface area contributed by atoms with Crippen LogP contribution in [0.25, 0.3) is 10.9 Å². The van der Waals surface area contributed by atoms with Gasteiger partial charge in [0.05, 0.1) is 17.2 Å². The number of tetrazole rings is 1. The van der Waals surface area contributed by atoms with Crippen molar-refractivity contribution in [2.45, 2.75) is 39.5 Å². The molecule has 0 unspecified atom stereocenters. The predicted octanol–water partition coefficient (Wildman–Crippen LogP) is 0.926. The lowest BCUT2D eigenvalue weighted by Gasteiger charge is -2.07. The average Bonchev–Trinajstić information content (AvgIpc) is 3.08. The van der Waals surface area contributed by atoms with Crippen molar-refractivity contribution >= 4 is 16.9 Å².